The van der Waals surface area contributed by atoms with Crippen molar-refractivity contribution in [2.75, 3.05) is 13.1 Å². The maximum Gasteiger partial charge on any atom is 0.416 e. The van der Waals surface area contributed by atoms with E-state index in [1.165, 1.54) is 37.3 Å². The Morgan fingerprint density at radius 2 is 1.56 bits per heavy atom. The highest BCUT2D eigenvalue weighted by molar-refractivity contribution is 5.96. The fourth-order valence-electron chi connectivity index (χ4n) is 4.57. The van der Waals surface area contributed by atoms with Gasteiger partial charge < -0.3 is 14.7 Å². The summed E-state index contributed by atoms with van der Waals surface area (Å²) in [5.74, 6) is -1.35. The lowest BCUT2D eigenvalue weighted by atomic mass is 9.95. The molecule has 0 amide bonds. The molecule has 0 radical (unpaired) electrons. The van der Waals surface area contributed by atoms with Crippen LogP contribution in [0.2, 0.25) is 0 Å². The third kappa shape index (κ3) is 5.57. The molecule has 11 heteroatoms. The molecule has 194 valence electrons. The van der Waals surface area contributed by atoms with Crippen LogP contribution in [0.3, 0.4) is 0 Å². The molecule has 36 heavy (non-hydrogen) atoms. The summed E-state index contributed by atoms with van der Waals surface area (Å²) in [5, 5.41) is 9.80. The van der Waals surface area contributed by atoms with Crippen molar-refractivity contribution in [3.63, 3.8) is 0 Å². The molecule has 0 aromatic heterocycles. The average Bonchev–Trinajstić information content (AvgIpc) is 3.35. The van der Waals surface area contributed by atoms with Gasteiger partial charge in [0, 0.05) is 37.2 Å². The largest absolute Gasteiger partial charge is 0.416 e. The zero-order chi connectivity index (χ0) is 26.4. The van der Waals surface area contributed by atoms with Crippen LogP contribution in [-0.2, 0) is 21.9 Å². The Labute approximate surface area is 202 Å². The molecule has 2 aromatic carbocycles. The van der Waals surface area contributed by atoms with Crippen molar-refractivity contribution in [1.82, 2.24) is 4.90 Å². The van der Waals surface area contributed by atoms with E-state index in [4.69, 9.17) is 4.74 Å². The Bertz CT molecular complexity index is 1130. The molecule has 1 heterocycles. The van der Waals surface area contributed by atoms with Gasteiger partial charge in [0.1, 0.15) is 11.9 Å². The van der Waals surface area contributed by atoms with E-state index in [0.717, 1.165) is 0 Å². The van der Waals surface area contributed by atoms with E-state index in [0.29, 0.717) is 29.9 Å². The minimum absolute atomic E-state index is 0.0593. The topological polar surface area (TPSA) is 49.8 Å². The smallest absolute Gasteiger partial charge is 0.385 e. The number of alkyl halides is 6. The van der Waals surface area contributed by atoms with Crippen LogP contribution in [0.5, 0.6) is 0 Å². The predicted octanol–water partition coefficient (Wildman–Crippen LogP) is 5.63. The molecule has 0 spiro atoms. The van der Waals surface area contributed by atoms with Crippen molar-refractivity contribution in [3.05, 3.63) is 82.3 Å². The van der Waals surface area contributed by atoms with Crippen LogP contribution in [-0.4, -0.2) is 41.1 Å². The number of hydrogen-bond donors (Lipinski definition) is 1. The number of halogens is 7. The van der Waals surface area contributed by atoms with Gasteiger partial charge in [0.25, 0.3) is 0 Å². The molecule has 2 aliphatic rings. The fourth-order valence-corrected chi connectivity index (χ4v) is 4.57. The van der Waals surface area contributed by atoms with Gasteiger partial charge in [-0.05, 0) is 48.4 Å². The Morgan fingerprint density at radius 3 is 2.06 bits per heavy atom. The summed E-state index contributed by atoms with van der Waals surface area (Å²) < 4.78 is 99.4. The Kier molecular flexibility index (Phi) is 6.91. The highest BCUT2D eigenvalue weighted by Gasteiger charge is 2.40. The SMILES string of the molecule is C[C@@H](O[C@@H]1CN(C2=CC(=O)C(O)C2)C[C@H]1c1ccc(F)cc1)c1cc(C(F)(F)F)cc(C(F)(F)F)c1. The maximum absolute atomic E-state index is 13.5. The van der Waals surface area contributed by atoms with Crippen LogP contribution in [0, 0.1) is 5.82 Å². The minimum Gasteiger partial charge on any atom is -0.385 e. The minimum atomic E-state index is -4.99. The molecule has 4 nitrogen and oxygen atoms in total. The second-order valence-corrected chi connectivity index (χ2v) is 8.98. The molecule has 1 fully saturated rings. The van der Waals surface area contributed by atoms with E-state index < -0.39 is 59.3 Å². The number of hydrogen-bond acceptors (Lipinski definition) is 4. The molecule has 4 atom stereocenters. The van der Waals surface area contributed by atoms with Gasteiger partial charge in [-0.25, -0.2) is 4.39 Å². The van der Waals surface area contributed by atoms with E-state index in [2.05, 4.69) is 0 Å². The van der Waals surface area contributed by atoms with Gasteiger partial charge in [-0.1, -0.05) is 12.1 Å². The maximum atomic E-state index is 13.5. The van der Waals surface area contributed by atoms with Gasteiger partial charge >= 0.3 is 12.4 Å². The second kappa shape index (κ2) is 9.51. The van der Waals surface area contributed by atoms with E-state index in [1.807, 2.05) is 0 Å². The Balaban J connectivity index is 1.64. The number of nitrogens with zero attached hydrogens (tertiary/aromatic N) is 1. The first kappa shape index (κ1) is 26.2. The summed E-state index contributed by atoms with van der Waals surface area (Å²) >= 11 is 0. The highest BCUT2D eigenvalue weighted by Crippen LogP contribution is 2.40. The first-order valence-corrected chi connectivity index (χ1v) is 11.1. The summed E-state index contributed by atoms with van der Waals surface area (Å²) in [6.45, 7) is 1.83. The molecular weight excluding hydrogens is 495 g/mol. The normalized spacial score (nSPS) is 23.8. The fraction of sp³-hybridized carbons (Fsp3) is 0.400. The number of benzene rings is 2. The summed E-state index contributed by atoms with van der Waals surface area (Å²) in [4.78, 5) is 13.6. The molecule has 0 bridgehead atoms. The van der Waals surface area contributed by atoms with Gasteiger partial charge in [0.05, 0.1) is 23.3 Å². The molecule has 0 saturated carbocycles. The van der Waals surface area contributed by atoms with Gasteiger partial charge in [-0.15, -0.1) is 0 Å². The van der Waals surface area contributed by atoms with Crippen molar-refractivity contribution in [2.45, 2.75) is 49.9 Å². The van der Waals surface area contributed by atoms with E-state index in [9.17, 15) is 40.6 Å². The molecule has 1 aliphatic carbocycles. The molecule has 4 rings (SSSR count). The number of ether oxygens (including phenoxy) is 1. The number of aliphatic hydroxyl groups is 1. The predicted molar refractivity (Wildman–Crippen MR) is 114 cm³/mol. The van der Waals surface area contributed by atoms with Gasteiger partial charge in [0.15, 0.2) is 5.78 Å². The second-order valence-electron chi connectivity index (χ2n) is 8.98. The van der Waals surface area contributed by atoms with Crippen molar-refractivity contribution >= 4 is 5.78 Å². The molecule has 1 aliphatic heterocycles. The monoisotopic (exact) mass is 517 g/mol. The lowest BCUT2D eigenvalue weighted by molar-refractivity contribution is -0.143. The zero-order valence-corrected chi connectivity index (χ0v) is 18.9. The Hall–Kier alpha value is -2.92. The van der Waals surface area contributed by atoms with E-state index >= 15 is 0 Å². The number of aliphatic hydroxyl groups excluding tert-OH is 1. The van der Waals surface area contributed by atoms with Crippen molar-refractivity contribution < 1.29 is 45.4 Å². The number of likely N-dealkylation sites (tertiary alicyclic amines) is 1. The summed E-state index contributed by atoms with van der Waals surface area (Å²) in [5.41, 5.74) is -1.96. The molecule has 1 N–H and O–H groups in total. The zero-order valence-electron chi connectivity index (χ0n) is 18.9. The Morgan fingerprint density at radius 1 is 0.972 bits per heavy atom. The summed E-state index contributed by atoms with van der Waals surface area (Å²) in [6, 6.07) is 6.86. The number of carbonyl (C=O) groups is 1. The highest BCUT2D eigenvalue weighted by atomic mass is 19.4. The van der Waals surface area contributed by atoms with E-state index in [1.54, 1.807) is 4.90 Å². The molecule has 2 aromatic rings. The van der Waals surface area contributed by atoms with E-state index in [-0.39, 0.29) is 24.6 Å². The third-order valence-electron chi connectivity index (χ3n) is 6.47. The van der Waals surface area contributed by atoms with Crippen LogP contribution in [0.4, 0.5) is 30.7 Å². The van der Waals surface area contributed by atoms with Gasteiger partial charge in [-0.3, -0.25) is 4.79 Å². The van der Waals surface area contributed by atoms with Crippen LogP contribution < -0.4 is 0 Å². The van der Waals surface area contributed by atoms with Gasteiger partial charge in [0.2, 0.25) is 0 Å². The standard InChI is InChI=1S/C25H22F7NO3/c1-13(15-6-16(24(27,28)29)8-17(7-15)25(30,31)32)36-23-12-33(19-9-21(34)22(35)10-19)11-20(23)14-2-4-18(26)5-3-14/h2-9,13,20,22-23,35H,10-12H2,1H3/t13-,20+,22?,23-/m1/s1. The van der Waals surface area contributed by atoms with Crippen LogP contribution in [0.25, 0.3) is 0 Å². The third-order valence-corrected chi connectivity index (χ3v) is 6.47. The summed E-state index contributed by atoms with van der Waals surface area (Å²) in [7, 11) is 0. The van der Waals surface area contributed by atoms with Crippen molar-refractivity contribution in [1.29, 1.82) is 0 Å². The quantitative estimate of drug-likeness (QED) is 0.523. The van der Waals surface area contributed by atoms with Crippen molar-refractivity contribution in [2.24, 2.45) is 0 Å². The van der Waals surface area contributed by atoms with Crippen LogP contribution in [0.15, 0.2) is 54.2 Å². The average molecular weight is 517 g/mol. The van der Waals surface area contributed by atoms with Crippen LogP contribution in [0.1, 0.15) is 47.6 Å². The van der Waals surface area contributed by atoms with Crippen LogP contribution >= 0.6 is 0 Å². The number of carbonyl (C=O) groups excluding carboxylic acids is 1. The van der Waals surface area contributed by atoms with Crippen molar-refractivity contribution in [3.8, 4) is 0 Å². The number of ketones is 1. The lowest BCUT2D eigenvalue weighted by Gasteiger charge is -2.25. The first-order chi connectivity index (χ1) is 16.7. The van der Waals surface area contributed by atoms with Gasteiger partial charge in [-0.2, -0.15) is 26.3 Å². The molecule has 1 unspecified atom stereocenters. The molecule has 1 saturated heterocycles. The first-order valence-electron chi connectivity index (χ1n) is 11.1. The summed E-state index contributed by atoms with van der Waals surface area (Å²) in [6.07, 6.45) is -11.6. The lowest BCUT2D eigenvalue weighted by Crippen LogP contribution is -2.25. The number of rotatable bonds is 5. The molecular formula is C25H22F7NO3.